The molecule has 1 amide bonds. The number of benzene rings is 3. The highest BCUT2D eigenvalue weighted by atomic mass is 32.2. The number of aromatic amines is 1. The quantitative estimate of drug-likeness (QED) is 0.0754. The summed E-state index contributed by atoms with van der Waals surface area (Å²) in [6, 6.07) is 22.4. The molecule has 2 saturated carbocycles. The number of likely N-dealkylation sites (tertiary alicyclic amines) is 1. The molecule has 10 rings (SSSR count). The molecule has 5 heterocycles. The second-order valence-electron chi connectivity index (χ2n) is 21.8. The van der Waals surface area contributed by atoms with Gasteiger partial charge in [-0.3, -0.25) is 14.4 Å². The predicted octanol–water partition coefficient (Wildman–Crippen LogP) is 12.3. The van der Waals surface area contributed by atoms with Gasteiger partial charge in [-0.05, 0) is 180 Å². The summed E-state index contributed by atoms with van der Waals surface area (Å²) in [6.45, 7) is 13.9. The third-order valence-electron chi connectivity index (χ3n) is 16.7. The van der Waals surface area contributed by atoms with Gasteiger partial charge in [-0.25, -0.2) is 4.39 Å². The number of amides is 1. The Hall–Kier alpha value is -4.82. The lowest BCUT2D eigenvalue weighted by molar-refractivity contribution is -0.0227. The first kappa shape index (κ1) is 48.8. The predicted molar refractivity (Wildman–Crippen MR) is 278 cm³/mol. The average Bonchev–Trinajstić information content (AvgIpc) is 3.99. The van der Waals surface area contributed by atoms with Crippen LogP contribution in [0.3, 0.4) is 0 Å². The molecule has 2 saturated heterocycles. The van der Waals surface area contributed by atoms with E-state index in [0.717, 1.165) is 81.5 Å². The Balaban J connectivity index is 0.866. The minimum Gasteiger partial charge on any atom is -0.472 e. The van der Waals surface area contributed by atoms with E-state index in [1.807, 2.05) is 32.0 Å². The summed E-state index contributed by atoms with van der Waals surface area (Å²) in [7, 11) is 1.62. The lowest BCUT2D eigenvalue weighted by atomic mass is 9.59. The number of ether oxygens (including phenoxy) is 3. The number of hydrogen-bond donors (Lipinski definition) is 4. The van der Waals surface area contributed by atoms with Gasteiger partial charge < -0.3 is 34.5 Å². The molecule has 0 unspecified atom stereocenters. The van der Waals surface area contributed by atoms with E-state index in [4.69, 9.17) is 14.2 Å². The number of H-pyrrole nitrogens is 1. The molecule has 5 aliphatic rings. The average molecular weight is 973 g/mol. The molecule has 13 heteroatoms. The first-order valence-electron chi connectivity index (χ1n) is 26.2. The normalized spacial score (nSPS) is 24.1. The van der Waals surface area contributed by atoms with Crippen LogP contribution in [0.5, 0.6) is 17.4 Å². The van der Waals surface area contributed by atoms with Crippen LogP contribution in [-0.4, -0.2) is 83.0 Å². The van der Waals surface area contributed by atoms with Crippen molar-refractivity contribution < 1.29 is 28.5 Å². The van der Waals surface area contributed by atoms with Crippen molar-refractivity contribution >= 4 is 40.3 Å². The number of aryl methyl sites for hydroxylation is 2. The zero-order valence-electron chi connectivity index (χ0n) is 42.0. The number of rotatable bonds is 15. The van der Waals surface area contributed by atoms with Gasteiger partial charge in [0, 0.05) is 72.9 Å². The van der Waals surface area contributed by atoms with Crippen LogP contribution in [0.15, 0.2) is 71.8 Å². The molecule has 5 aromatic rings. The summed E-state index contributed by atoms with van der Waals surface area (Å²) in [5.74, 6) is 1.01. The molecule has 3 aromatic carbocycles. The van der Waals surface area contributed by atoms with E-state index < -0.39 is 11.4 Å². The van der Waals surface area contributed by atoms with Gasteiger partial charge in [0.1, 0.15) is 23.8 Å². The van der Waals surface area contributed by atoms with Crippen LogP contribution in [0, 0.1) is 17.2 Å². The maximum Gasteiger partial charge on any atom is 0.265 e. The number of halogens is 1. The van der Waals surface area contributed by atoms with Gasteiger partial charge in [-0.2, -0.15) is 4.98 Å². The molecular formula is C57H73FN6O5S. The third-order valence-corrected chi connectivity index (χ3v) is 17.5. The topological polar surface area (TPSA) is 124 Å². The van der Waals surface area contributed by atoms with Crippen LogP contribution in [-0.2, 0) is 17.6 Å². The maximum atomic E-state index is 15.1. The zero-order valence-corrected chi connectivity index (χ0v) is 42.9. The summed E-state index contributed by atoms with van der Waals surface area (Å²) < 4.78 is 36.6. The van der Waals surface area contributed by atoms with Crippen LogP contribution in [0.1, 0.15) is 150 Å². The second-order valence-corrected chi connectivity index (χ2v) is 22.7. The number of anilines is 2. The highest BCUT2D eigenvalue weighted by Gasteiger charge is 2.50. The molecule has 70 heavy (non-hydrogen) atoms. The Bertz CT molecular complexity index is 2650. The van der Waals surface area contributed by atoms with Gasteiger partial charge in [0.25, 0.3) is 11.8 Å². The van der Waals surface area contributed by atoms with Crippen molar-refractivity contribution in [2.45, 2.75) is 159 Å². The molecule has 2 aliphatic carbocycles. The molecule has 3 aliphatic heterocycles. The highest BCUT2D eigenvalue weighted by molar-refractivity contribution is 7.98. The Morgan fingerprint density at radius 2 is 1.77 bits per heavy atom. The largest absolute Gasteiger partial charge is 0.472 e. The van der Waals surface area contributed by atoms with E-state index in [2.05, 4.69) is 87.0 Å². The molecule has 3 atom stereocenters. The van der Waals surface area contributed by atoms with E-state index in [1.54, 1.807) is 13.2 Å². The van der Waals surface area contributed by atoms with E-state index in [0.29, 0.717) is 52.3 Å². The van der Waals surface area contributed by atoms with Gasteiger partial charge >= 0.3 is 0 Å². The number of fused-ring (bicyclic) bond motifs is 2. The van der Waals surface area contributed by atoms with Crippen LogP contribution in [0.4, 0.5) is 15.8 Å². The minimum atomic E-state index is -0.548. The first-order chi connectivity index (χ1) is 33.8. The van der Waals surface area contributed by atoms with Crippen LogP contribution < -0.4 is 24.4 Å². The smallest absolute Gasteiger partial charge is 0.265 e. The monoisotopic (exact) mass is 973 g/mol. The fourth-order valence-corrected chi connectivity index (χ4v) is 13.2. The van der Waals surface area contributed by atoms with Crippen LogP contribution in [0.2, 0.25) is 0 Å². The van der Waals surface area contributed by atoms with Crippen molar-refractivity contribution in [3.8, 4) is 17.4 Å². The number of methoxy groups -OCH3 is 1. The maximum absolute atomic E-state index is 15.1. The molecule has 0 bridgehead atoms. The molecule has 4 N–H and O–H groups in total. The molecule has 2 aromatic heterocycles. The van der Waals surface area contributed by atoms with E-state index in [-0.39, 0.29) is 35.6 Å². The van der Waals surface area contributed by atoms with Gasteiger partial charge in [-0.15, -0.1) is 0 Å². The summed E-state index contributed by atoms with van der Waals surface area (Å²) in [5, 5.41) is 14.8. The number of nitrogens with one attached hydrogen (secondary N) is 3. The number of pyridine rings is 1. The number of nitrogens with zero attached hydrogens (tertiary/aromatic N) is 3. The molecule has 374 valence electrons. The van der Waals surface area contributed by atoms with Crippen molar-refractivity contribution in [1.82, 2.24) is 19.6 Å². The number of hydrogen-bond acceptors (Lipinski definition) is 10. The second kappa shape index (κ2) is 20.4. The molecular weight excluding hydrogens is 900 g/mol. The number of aromatic nitrogens is 2. The highest BCUT2D eigenvalue weighted by Crippen LogP contribution is 2.54. The standard InChI is InChI=1S/C57H73FN6O5S/c1-7-37-27-42(28-39-14-17-48(60-52(37)39)38-18-20-56(5,66)21-19-38)70-62-54(65)45-16-15-40(29-50(45)69-51-30-46-47(58)33-59-53(46)61-55(51)68-34-36(4)67-6)63-25-22-57(23-26-63)31-41(32-57)64-24-10-13-49(64)44-12-9-8-11-43(44)35(2)3/h8-9,11-12,15-16,27-30,33,35-36,38,41,48-49,60,66H,7,10,13-14,17-26,31-32,34H2,1-6H3,(H,59,61)(H,62,65)/t36-,38?,48-,49-,56?/m1/s1. The Labute approximate surface area is 418 Å². The van der Waals surface area contributed by atoms with Gasteiger partial charge in [-0.1, -0.05) is 45.0 Å². The zero-order chi connectivity index (χ0) is 48.7. The van der Waals surface area contributed by atoms with Gasteiger partial charge in [0.2, 0.25) is 0 Å². The van der Waals surface area contributed by atoms with Crippen molar-refractivity contribution in [3.05, 3.63) is 100 Å². The van der Waals surface area contributed by atoms with Crippen molar-refractivity contribution in [2.75, 3.05) is 43.6 Å². The Morgan fingerprint density at radius 1 is 0.986 bits per heavy atom. The fraction of sp³-hybridized carbons (Fsp3) is 0.544. The minimum absolute atomic E-state index is 0.170. The van der Waals surface area contributed by atoms with Crippen LogP contribution >= 0.6 is 11.9 Å². The van der Waals surface area contributed by atoms with Crippen molar-refractivity contribution in [3.63, 3.8) is 0 Å². The Morgan fingerprint density at radius 3 is 2.53 bits per heavy atom. The molecule has 4 fully saturated rings. The van der Waals surface area contributed by atoms with E-state index >= 15 is 4.39 Å². The summed E-state index contributed by atoms with van der Waals surface area (Å²) >= 11 is 1.31. The summed E-state index contributed by atoms with van der Waals surface area (Å²) in [4.78, 5) is 28.2. The number of carbonyl (C=O) groups excluding carboxylic acids is 1. The number of piperidine rings is 1. The van der Waals surface area contributed by atoms with E-state index in [9.17, 15) is 9.90 Å². The third kappa shape index (κ3) is 10.1. The number of carbonyl (C=O) groups is 1. The first-order valence-corrected chi connectivity index (χ1v) is 27.0. The summed E-state index contributed by atoms with van der Waals surface area (Å²) in [6.07, 6.45) is 14.9. The molecule has 0 radical (unpaired) electrons. The van der Waals surface area contributed by atoms with Crippen molar-refractivity contribution in [1.29, 1.82) is 0 Å². The lowest BCUT2D eigenvalue weighted by Gasteiger charge is -2.56. The van der Waals surface area contributed by atoms with E-state index in [1.165, 1.54) is 78.3 Å². The Kier molecular flexibility index (Phi) is 14.2. The van der Waals surface area contributed by atoms with Gasteiger partial charge in [0.05, 0.1) is 22.7 Å². The SMILES string of the molecule is CCc1cc(SNC(=O)c2ccc(N3CCC4(CC3)CC(N3CCC[C@@H]3c3ccccc3C(C)C)C4)cc2Oc2cc3c(F)c[nH]c3nc2OC[C@@H](C)OC)cc2c1N[C@@H](C1CCC(C)(O)CC1)CC2. The molecule has 11 nitrogen and oxygen atoms in total. The lowest BCUT2D eigenvalue weighted by Crippen LogP contribution is -2.54. The van der Waals surface area contributed by atoms with Crippen LogP contribution in [0.25, 0.3) is 11.0 Å². The number of aliphatic hydroxyl groups is 1. The molecule has 1 spiro atoms. The fourth-order valence-electron chi connectivity index (χ4n) is 12.4. The van der Waals surface area contributed by atoms with Gasteiger partial charge in [0.15, 0.2) is 5.75 Å². The summed E-state index contributed by atoms with van der Waals surface area (Å²) in [5.41, 5.74) is 8.20. The van der Waals surface area contributed by atoms with Crippen molar-refractivity contribution in [2.24, 2.45) is 11.3 Å².